The summed E-state index contributed by atoms with van der Waals surface area (Å²) in [6.45, 7) is 5.62. The van der Waals surface area contributed by atoms with Gasteiger partial charge in [-0.05, 0) is 32.4 Å². The van der Waals surface area contributed by atoms with Gasteiger partial charge in [-0.2, -0.15) is 0 Å². The first-order valence-corrected chi connectivity index (χ1v) is 7.13. The summed E-state index contributed by atoms with van der Waals surface area (Å²) in [6, 6.07) is 3.77. The Morgan fingerprint density at radius 2 is 2.14 bits per heavy atom. The quantitative estimate of drug-likeness (QED) is 0.728. The SMILES string of the molecule is CC(C)OCCCn1cnc2c(N)nc3cccnc3c21. The highest BCUT2D eigenvalue weighted by Crippen LogP contribution is 2.25. The van der Waals surface area contributed by atoms with Gasteiger partial charge in [-0.3, -0.25) is 4.98 Å². The minimum atomic E-state index is 0.256. The fourth-order valence-electron chi connectivity index (χ4n) is 2.39. The number of nitrogen functional groups attached to an aromatic ring is 1. The molecular formula is C15H19N5O. The third-order valence-electron chi connectivity index (χ3n) is 3.33. The number of ether oxygens (including phenoxy) is 1. The zero-order chi connectivity index (χ0) is 14.8. The van der Waals surface area contributed by atoms with Crippen LogP contribution in [0.25, 0.3) is 22.1 Å². The van der Waals surface area contributed by atoms with E-state index >= 15 is 0 Å². The molecule has 6 heteroatoms. The molecule has 3 aromatic rings. The number of aromatic nitrogens is 4. The van der Waals surface area contributed by atoms with Crippen LogP contribution in [0.4, 0.5) is 5.82 Å². The van der Waals surface area contributed by atoms with Gasteiger partial charge in [0.1, 0.15) is 16.6 Å². The van der Waals surface area contributed by atoms with Gasteiger partial charge in [0.25, 0.3) is 0 Å². The second-order valence-corrected chi connectivity index (χ2v) is 5.28. The average molecular weight is 285 g/mol. The van der Waals surface area contributed by atoms with Crippen LogP contribution in [0.2, 0.25) is 0 Å². The molecule has 3 heterocycles. The molecular weight excluding hydrogens is 266 g/mol. The van der Waals surface area contributed by atoms with Gasteiger partial charge in [-0.25, -0.2) is 9.97 Å². The van der Waals surface area contributed by atoms with Crippen molar-refractivity contribution in [2.45, 2.75) is 32.9 Å². The number of anilines is 1. The molecule has 0 fully saturated rings. The maximum absolute atomic E-state index is 5.99. The molecule has 0 saturated heterocycles. The maximum Gasteiger partial charge on any atom is 0.152 e. The molecule has 0 amide bonds. The molecule has 0 aliphatic carbocycles. The van der Waals surface area contributed by atoms with Crippen LogP contribution in [-0.4, -0.2) is 32.2 Å². The van der Waals surface area contributed by atoms with Gasteiger partial charge >= 0.3 is 0 Å². The fraction of sp³-hybridized carbons (Fsp3) is 0.400. The first-order chi connectivity index (χ1) is 10.2. The largest absolute Gasteiger partial charge is 0.382 e. The van der Waals surface area contributed by atoms with Crippen molar-refractivity contribution >= 4 is 27.9 Å². The third kappa shape index (κ3) is 2.67. The summed E-state index contributed by atoms with van der Waals surface area (Å²) in [7, 11) is 0. The number of rotatable bonds is 5. The maximum atomic E-state index is 5.99. The normalized spacial score (nSPS) is 11.8. The van der Waals surface area contributed by atoms with E-state index in [0.717, 1.165) is 36.1 Å². The first-order valence-electron chi connectivity index (χ1n) is 7.13. The summed E-state index contributed by atoms with van der Waals surface area (Å²) < 4.78 is 7.65. The highest BCUT2D eigenvalue weighted by Gasteiger charge is 2.12. The molecule has 3 aromatic heterocycles. The Labute approximate surface area is 123 Å². The van der Waals surface area contributed by atoms with Gasteiger partial charge in [0, 0.05) is 19.3 Å². The Kier molecular flexibility index (Phi) is 3.70. The minimum Gasteiger partial charge on any atom is -0.382 e. The van der Waals surface area contributed by atoms with Crippen LogP contribution in [0.15, 0.2) is 24.7 Å². The average Bonchev–Trinajstić information content (AvgIpc) is 2.88. The lowest BCUT2D eigenvalue weighted by molar-refractivity contribution is 0.0750. The van der Waals surface area contributed by atoms with Crippen LogP contribution in [-0.2, 0) is 11.3 Å². The molecule has 110 valence electrons. The Balaban J connectivity index is 1.96. The van der Waals surface area contributed by atoms with Crippen molar-refractivity contribution in [2.24, 2.45) is 0 Å². The number of nitrogens with zero attached hydrogens (tertiary/aromatic N) is 4. The lowest BCUT2D eigenvalue weighted by Gasteiger charge is -2.09. The van der Waals surface area contributed by atoms with E-state index in [1.54, 1.807) is 12.5 Å². The number of fused-ring (bicyclic) bond motifs is 3. The smallest absolute Gasteiger partial charge is 0.152 e. The van der Waals surface area contributed by atoms with E-state index in [1.807, 2.05) is 26.0 Å². The molecule has 0 unspecified atom stereocenters. The summed E-state index contributed by atoms with van der Waals surface area (Å²) >= 11 is 0. The van der Waals surface area contributed by atoms with E-state index in [0.29, 0.717) is 11.3 Å². The number of hydrogen-bond acceptors (Lipinski definition) is 5. The molecule has 2 N–H and O–H groups in total. The van der Waals surface area contributed by atoms with Crippen LogP contribution in [0.5, 0.6) is 0 Å². The molecule has 0 aromatic carbocycles. The highest BCUT2D eigenvalue weighted by atomic mass is 16.5. The number of imidazole rings is 1. The van der Waals surface area contributed by atoms with Gasteiger partial charge in [-0.15, -0.1) is 0 Å². The summed E-state index contributed by atoms with van der Waals surface area (Å²) in [6.07, 6.45) is 4.73. The molecule has 0 saturated carbocycles. The standard InChI is InChI=1S/C15H19N5O/c1-10(2)21-8-4-7-20-9-18-13-14(20)12-11(19-15(13)16)5-3-6-17-12/h3,5-6,9-10H,4,7-8H2,1-2H3,(H2,16,19). The van der Waals surface area contributed by atoms with Crippen LogP contribution < -0.4 is 5.73 Å². The number of pyridine rings is 2. The van der Waals surface area contributed by atoms with E-state index in [-0.39, 0.29) is 6.10 Å². The second kappa shape index (κ2) is 5.65. The van der Waals surface area contributed by atoms with Crippen molar-refractivity contribution in [1.82, 2.24) is 19.5 Å². The Bertz CT molecular complexity index is 765. The lowest BCUT2D eigenvalue weighted by Crippen LogP contribution is -2.07. The molecule has 0 bridgehead atoms. The zero-order valence-electron chi connectivity index (χ0n) is 12.3. The van der Waals surface area contributed by atoms with E-state index in [2.05, 4.69) is 19.5 Å². The first kappa shape index (κ1) is 13.8. The summed E-state index contributed by atoms with van der Waals surface area (Å²) in [4.78, 5) is 13.2. The van der Waals surface area contributed by atoms with Crippen molar-refractivity contribution in [3.05, 3.63) is 24.7 Å². The van der Waals surface area contributed by atoms with Crippen LogP contribution in [0.3, 0.4) is 0 Å². The van der Waals surface area contributed by atoms with E-state index < -0.39 is 0 Å². The molecule has 0 aliphatic rings. The predicted octanol–water partition coefficient (Wildman–Crippen LogP) is 2.38. The van der Waals surface area contributed by atoms with E-state index in [9.17, 15) is 0 Å². The second-order valence-electron chi connectivity index (χ2n) is 5.28. The zero-order valence-corrected chi connectivity index (χ0v) is 12.3. The Morgan fingerprint density at radius 1 is 1.29 bits per heavy atom. The molecule has 21 heavy (non-hydrogen) atoms. The number of hydrogen-bond donors (Lipinski definition) is 1. The predicted molar refractivity (Wildman–Crippen MR) is 82.9 cm³/mol. The highest BCUT2D eigenvalue weighted by molar-refractivity contribution is 6.03. The van der Waals surface area contributed by atoms with Crippen molar-refractivity contribution in [2.75, 3.05) is 12.3 Å². The van der Waals surface area contributed by atoms with Crippen molar-refractivity contribution in [3.8, 4) is 0 Å². The molecule has 0 radical (unpaired) electrons. The summed E-state index contributed by atoms with van der Waals surface area (Å²) in [5, 5.41) is 0. The summed E-state index contributed by atoms with van der Waals surface area (Å²) in [5.41, 5.74) is 9.28. The monoisotopic (exact) mass is 285 g/mol. The van der Waals surface area contributed by atoms with Crippen molar-refractivity contribution < 1.29 is 4.74 Å². The molecule has 0 atom stereocenters. The van der Waals surface area contributed by atoms with E-state index in [1.165, 1.54) is 0 Å². The lowest BCUT2D eigenvalue weighted by atomic mass is 10.2. The minimum absolute atomic E-state index is 0.256. The van der Waals surface area contributed by atoms with Gasteiger partial charge in [0.2, 0.25) is 0 Å². The Morgan fingerprint density at radius 3 is 2.95 bits per heavy atom. The van der Waals surface area contributed by atoms with Crippen LogP contribution in [0, 0.1) is 0 Å². The molecule has 0 spiro atoms. The summed E-state index contributed by atoms with van der Waals surface area (Å²) in [5.74, 6) is 0.447. The molecule has 3 rings (SSSR count). The van der Waals surface area contributed by atoms with Crippen molar-refractivity contribution in [1.29, 1.82) is 0 Å². The number of aryl methyl sites for hydroxylation is 1. The van der Waals surface area contributed by atoms with E-state index in [4.69, 9.17) is 10.5 Å². The van der Waals surface area contributed by atoms with Gasteiger partial charge in [0.15, 0.2) is 5.82 Å². The number of nitrogens with two attached hydrogens (primary N) is 1. The van der Waals surface area contributed by atoms with Crippen LogP contribution >= 0.6 is 0 Å². The topological polar surface area (TPSA) is 78.9 Å². The van der Waals surface area contributed by atoms with Crippen LogP contribution in [0.1, 0.15) is 20.3 Å². The van der Waals surface area contributed by atoms with Gasteiger partial charge in [0.05, 0.1) is 17.9 Å². The van der Waals surface area contributed by atoms with Crippen molar-refractivity contribution in [3.63, 3.8) is 0 Å². The molecule has 6 nitrogen and oxygen atoms in total. The van der Waals surface area contributed by atoms with Gasteiger partial charge in [-0.1, -0.05) is 0 Å². The Hall–Kier alpha value is -2.21. The van der Waals surface area contributed by atoms with Gasteiger partial charge < -0.3 is 15.0 Å². The fourth-order valence-corrected chi connectivity index (χ4v) is 2.39. The third-order valence-corrected chi connectivity index (χ3v) is 3.33. The molecule has 0 aliphatic heterocycles.